The van der Waals surface area contributed by atoms with Crippen molar-refractivity contribution in [2.45, 2.75) is 32.6 Å². The summed E-state index contributed by atoms with van der Waals surface area (Å²) in [6.07, 6.45) is 4.95. The Bertz CT molecular complexity index is 379. The van der Waals surface area contributed by atoms with Crippen molar-refractivity contribution >= 4 is 11.5 Å². The van der Waals surface area contributed by atoms with Crippen LogP contribution >= 0.6 is 0 Å². The van der Waals surface area contributed by atoms with Gasteiger partial charge in [-0.25, -0.2) is 0 Å². The van der Waals surface area contributed by atoms with E-state index in [1.165, 1.54) is 32.4 Å². The highest BCUT2D eigenvalue weighted by Gasteiger charge is 2.13. The van der Waals surface area contributed by atoms with E-state index in [2.05, 4.69) is 22.2 Å². The van der Waals surface area contributed by atoms with Crippen LogP contribution in [-0.4, -0.2) is 40.9 Å². The van der Waals surface area contributed by atoms with Crippen LogP contribution in [0, 0.1) is 0 Å². The van der Waals surface area contributed by atoms with Crippen LogP contribution in [0.2, 0.25) is 0 Å². The number of nitrogen functional groups attached to an aromatic ring is 1. The van der Waals surface area contributed by atoms with Gasteiger partial charge in [-0.05, 0) is 32.4 Å². The molecule has 2 rings (SSSR count). The fourth-order valence-corrected chi connectivity index (χ4v) is 2.58. The zero-order valence-corrected chi connectivity index (χ0v) is 11.6. The van der Waals surface area contributed by atoms with Gasteiger partial charge in [-0.15, -0.1) is 0 Å². The quantitative estimate of drug-likeness (QED) is 0.832. The van der Waals surface area contributed by atoms with Crippen LogP contribution in [0.3, 0.4) is 0 Å². The lowest BCUT2D eigenvalue weighted by Crippen LogP contribution is -2.34. The summed E-state index contributed by atoms with van der Waals surface area (Å²) in [7, 11) is 1.94. The van der Waals surface area contributed by atoms with Gasteiger partial charge in [0.25, 0.3) is 0 Å². The Morgan fingerprint density at radius 1 is 1.28 bits per heavy atom. The summed E-state index contributed by atoms with van der Waals surface area (Å²) in [6.45, 7) is 6.58. The zero-order valence-electron chi connectivity index (χ0n) is 11.6. The lowest BCUT2D eigenvalue weighted by molar-refractivity contribution is 0.237. The fraction of sp³-hybridized carbons (Fsp3) is 0.769. The molecule has 0 unspecified atom stereocenters. The molecule has 1 aliphatic rings. The number of aromatic nitrogens is 2. The van der Waals surface area contributed by atoms with Crippen LogP contribution < -0.4 is 11.1 Å². The maximum absolute atomic E-state index is 6.07. The number of hydrogen-bond acceptors (Lipinski definition) is 4. The Kier molecular flexibility index (Phi) is 4.47. The number of anilines is 2. The van der Waals surface area contributed by atoms with Crippen molar-refractivity contribution in [1.82, 2.24) is 14.7 Å². The van der Waals surface area contributed by atoms with Gasteiger partial charge in [0.2, 0.25) is 0 Å². The number of nitrogens with two attached hydrogens (primary N) is 1. The van der Waals surface area contributed by atoms with Crippen LogP contribution in [0.5, 0.6) is 0 Å². The molecule has 0 aromatic carbocycles. The summed E-state index contributed by atoms with van der Waals surface area (Å²) in [5, 5.41) is 7.83. The van der Waals surface area contributed by atoms with Gasteiger partial charge in [0, 0.05) is 20.1 Å². The highest BCUT2D eigenvalue weighted by atomic mass is 15.3. The van der Waals surface area contributed by atoms with Gasteiger partial charge in [0.05, 0.1) is 11.4 Å². The molecule has 3 N–H and O–H groups in total. The first-order valence-electron chi connectivity index (χ1n) is 7.00. The Labute approximate surface area is 109 Å². The van der Waals surface area contributed by atoms with E-state index < -0.39 is 0 Å². The van der Waals surface area contributed by atoms with Crippen molar-refractivity contribution in [2.24, 2.45) is 7.05 Å². The highest BCUT2D eigenvalue weighted by molar-refractivity contribution is 5.64. The average Bonchev–Trinajstić information content (AvgIpc) is 2.67. The van der Waals surface area contributed by atoms with Crippen LogP contribution in [0.15, 0.2) is 0 Å². The Morgan fingerprint density at radius 3 is 2.61 bits per heavy atom. The molecule has 0 amide bonds. The Hall–Kier alpha value is -1.23. The summed E-state index contributed by atoms with van der Waals surface area (Å²) >= 11 is 0. The van der Waals surface area contributed by atoms with E-state index in [0.717, 1.165) is 36.7 Å². The molecule has 1 fully saturated rings. The molecule has 0 radical (unpaired) electrons. The number of aryl methyl sites for hydroxylation is 2. The topological polar surface area (TPSA) is 59.1 Å². The van der Waals surface area contributed by atoms with Crippen molar-refractivity contribution in [3.63, 3.8) is 0 Å². The monoisotopic (exact) mass is 251 g/mol. The molecule has 18 heavy (non-hydrogen) atoms. The van der Waals surface area contributed by atoms with Gasteiger partial charge in [0.1, 0.15) is 5.82 Å². The second kappa shape index (κ2) is 6.09. The first-order valence-corrected chi connectivity index (χ1v) is 7.00. The van der Waals surface area contributed by atoms with Crippen molar-refractivity contribution in [2.75, 3.05) is 37.2 Å². The second-order valence-electron chi connectivity index (χ2n) is 5.02. The molecule has 0 aliphatic carbocycles. The lowest BCUT2D eigenvalue weighted by Gasteiger charge is -2.26. The minimum Gasteiger partial charge on any atom is -0.394 e. The number of hydrogen-bond donors (Lipinski definition) is 2. The minimum absolute atomic E-state index is 0.804. The third-order valence-electron chi connectivity index (χ3n) is 3.66. The Balaban J connectivity index is 1.84. The molecule has 102 valence electrons. The van der Waals surface area contributed by atoms with Gasteiger partial charge in [-0.1, -0.05) is 13.3 Å². The Morgan fingerprint density at radius 2 is 2.00 bits per heavy atom. The largest absolute Gasteiger partial charge is 0.394 e. The molecule has 0 spiro atoms. The third-order valence-corrected chi connectivity index (χ3v) is 3.66. The maximum atomic E-state index is 6.07. The molecule has 1 saturated heterocycles. The third kappa shape index (κ3) is 2.96. The number of nitrogens with one attached hydrogen (secondary N) is 1. The molecule has 1 aromatic heterocycles. The molecule has 5 nitrogen and oxygen atoms in total. The van der Waals surface area contributed by atoms with Crippen LogP contribution in [0.1, 0.15) is 31.9 Å². The first-order chi connectivity index (χ1) is 8.72. The molecule has 5 heteroatoms. The first kappa shape index (κ1) is 13.2. The molecular formula is C13H25N5. The van der Waals surface area contributed by atoms with Gasteiger partial charge < -0.3 is 16.0 Å². The lowest BCUT2D eigenvalue weighted by atomic mass is 10.1. The van der Waals surface area contributed by atoms with E-state index in [-0.39, 0.29) is 0 Å². The summed E-state index contributed by atoms with van der Waals surface area (Å²) in [5.41, 5.74) is 7.86. The van der Waals surface area contributed by atoms with E-state index in [4.69, 9.17) is 5.73 Å². The van der Waals surface area contributed by atoms with Gasteiger partial charge in [-0.2, -0.15) is 5.10 Å². The molecule has 0 saturated carbocycles. The number of piperidine rings is 1. The van der Waals surface area contributed by atoms with Crippen LogP contribution in [0.25, 0.3) is 0 Å². The van der Waals surface area contributed by atoms with Crippen molar-refractivity contribution in [1.29, 1.82) is 0 Å². The predicted molar refractivity (Wildman–Crippen MR) is 75.8 cm³/mol. The van der Waals surface area contributed by atoms with Gasteiger partial charge in [-0.3, -0.25) is 4.68 Å². The number of rotatable bonds is 5. The van der Waals surface area contributed by atoms with Gasteiger partial charge >= 0.3 is 0 Å². The summed E-state index contributed by atoms with van der Waals surface area (Å²) < 4.78 is 1.85. The normalized spacial score (nSPS) is 17.0. The van der Waals surface area contributed by atoms with E-state index in [1.807, 2.05) is 11.7 Å². The molecule has 2 heterocycles. The number of nitrogens with zero attached hydrogens (tertiary/aromatic N) is 3. The fourth-order valence-electron chi connectivity index (χ4n) is 2.58. The molecular weight excluding hydrogens is 226 g/mol. The van der Waals surface area contributed by atoms with Crippen molar-refractivity contribution < 1.29 is 0 Å². The van der Waals surface area contributed by atoms with Crippen LogP contribution in [-0.2, 0) is 13.5 Å². The molecule has 1 aliphatic heterocycles. The van der Waals surface area contributed by atoms with Crippen molar-refractivity contribution in [3.8, 4) is 0 Å². The summed E-state index contributed by atoms with van der Waals surface area (Å²) in [4.78, 5) is 2.52. The number of likely N-dealkylation sites (tertiary alicyclic amines) is 1. The smallest absolute Gasteiger partial charge is 0.147 e. The van der Waals surface area contributed by atoms with E-state index >= 15 is 0 Å². The standard InChI is InChI=1S/C13H25N5/c1-3-11-12(14)13(17(2)16-11)15-7-10-18-8-5-4-6-9-18/h15H,3-10,14H2,1-2H3. The minimum atomic E-state index is 0.804. The second-order valence-corrected chi connectivity index (χ2v) is 5.02. The summed E-state index contributed by atoms with van der Waals surface area (Å²) in [5.74, 6) is 0.962. The molecule has 0 bridgehead atoms. The summed E-state index contributed by atoms with van der Waals surface area (Å²) in [6, 6.07) is 0. The highest BCUT2D eigenvalue weighted by Crippen LogP contribution is 2.21. The molecule has 0 atom stereocenters. The van der Waals surface area contributed by atoms with Crippen molar-refractivity contribution in [3.05, 3.63) is 5.69 Å². The average molecular weight is 251 g/mol. The van der Waals surface area contributed by atoms with E-state index in [0.29, 0.717) is 0 Å². The SMILES string of the molecule is CCc1nn(C)c(NCCN2CCCCC2)c1N. The predicted octanol–water partition coefficient (Wildman–Crippen LogP) is 1.46. The van der Waals surface area contributed by atoms with E-state index in [1.54, 1.807) is 0 Å². The van der Waals surface area contributed by atoms with E-state index in [9.17, 15) is 0 Å². The molecule has 1 aromatic rings. The van der Waals surface area contributed by atoms with Crippen LogP contribution in [0.4, 0.5) is 11.5 Å². The van der Waals surface area contributed by atoms with Gasteiger partial charge in [0.15, 0.2) is 0 Å². The maximum Gasteiger partial charge on any atom is 0.147 e. The zero-order chi connectivity index (χ0) is 13.0.